The van der Waals surface area contributed by atoms with Crippen LogP contribution >= 0.6 is 0 Å². The smallest absolute Gasteiger partial charge is 0.242 e. The highest BCUT2D eigenvalue weighted by Gasteiger charge is 2.36. The number of carbonyl (C=O) groups excluding carboxylic acids is 1. The van der Waals surface area contributed by atoms with E-state index in [2.05, 4.69) is 32.7 Å². The molecule has 1 aliphatic heterocycles. The van der Waals surface area contributed by atoms with E-state index in [9.17, 15) is 13.2 Å². The molecular formula is C31H29N7O3S. The van der Waals surface area contributed by atoms with Gasteiger partial charge in [-0.3, -0.25) is 14.8 Å². The Morgan fingerprint density at radius 2 is 1.81 bits per heavy atom. The quantitative estimate of drug-likeness (QED) is 0.270. The number of benzene rings is 2. The van der Waals surface area contributed by atoms with E-state index < -0.39 is 16.1 Å². The van der Waals surface area contributed by atoms with Gasteiger partial charge < -0.3 is 10.6 Å². The first kappa shape index (κ1) is 27.4. The van der Waals surface area contributed by atoms with Gasteiger partial charge in [-0.05, 0) is 48.2 Å². The monoisotopic (exact) mass is 579 g/mol. The lowest BCUT2D eigenvalue weighted by atomic mass is 10.0. The Balaban J connectivity index is 1.37. The highest BCUT2D eigenvalue weighted by Crippen LogP contribution is 2.34. The molecule has 212 valence electrons. The number of anilines is 2. The zero-order valence-electron chi connectivity index (χ0n) is 22.9. The molecule has 6 rings (SSSR count). The number of hydrogen-bond donors (Lipinski definition) is 2. The van der Waals surface area contributed by atoms with E-state index in [0.29, 0.717) is 48.8 Å². The van der Waals surface area contributed by atoms with Gasteiger partial charge >= 0.3 is 0 Å². The Morgan fingerprint density at radius 1 is 0.976 bits per heavy atom. The summed E-state index contributed by atoms with van der Waals surface area (Å²) >= 11 is 0. The number of pyridine rings is 2. The van der Waals surface area contributed by atoms with E-state index in [-0.39, 0.29) is 5.91 Å². The Kier molecular flexibility index (Phi) is 7.60. The van der Waals surface area contributed by atoms with Crippen molar-refractivity contribution in [2.24, 2.45) is 0 Å². The van der Waals surface area contributed by atoms with Crippen molar-refractivity contribution in [3.8, 4) is 22.5 Å². The molecule has 5 aromatic rings. The van der Waals surface area contributed by atoms with Crippen molar-refractivity contribution < 1.29 is 13.2 Å². The largest absolute Gasteiger partial charge is 0.364 e. The number of fused-ring (bicyclic) bond motifs is 1. The van der Waals surface area contributed by atoms with Crippen molar-refractivity contribution in [3.63, 3.8) is 0 Å². The first-order valence-electron chi connectivity index (χ1n) is 13.6. The van der Waals surface area contributed by atoms with Crippen LogP contribution in [0.2, 0.25) is 0 Å². The van der Waals surface area contributed by atoms with Crippen LogP contribution in [0.3, 0.4) is 0 Å². The van der Waals surface area contributed by atoms with Gasteiger partial charge in [0.15, 0.2) is 5.82 Å². The highest BCUT2D eigenvalue weighted by molar-refractivity contribution is 7.88. The number of hydrogen-bond acceptors (Lipinski definition) is 8. The zero-order chi connectivity index (χ0) is 29.1. The Labute approximate surface area is 243 Å². The van der Waals surface area contributed by atoms with Gasteiger partial charge in [0.2, 0.25) is 15.9 Å². The van der Waals surface area contributed by atoms with Gasteiger partial charge in [0.25, 0.3) is 0 Å². The second-order valence-electron chi connectivity index (χ2n) is 10.1. The second kappa shape index (κ2) is 11.6. The lowest BCUT2D eigenvalue weighted by molar-refractivity contribution is -0.119. The van der Waals surface area contributed by atoms with Crippen molar-refractivity contribution in [1.29, 1.82) is 0 Å². The van der Waals surface area contributed by atoms with Crippen LogP contribution in [-0.2, 0) is 21.4 Å². The topological polar surface area (TPSA) is 130 Å². The fourth-order valence-corrected chi connectivity index (χ4v) is 6.35. The number of rotatable bonds is 8. The Hall–Kier alpha value is -4.74. The van der Waals surface area contributed by atoms with Crippen LogP contribution in [0.1, 0.15) is 18.5 Å². The van der Waals surface area contributed by atoms with E-state index in [1.54, 1.807) is 18.5 Å². The molecule has 3 aromatic heterocycles. The molecule has 1 atom stereocenters. The molecule has 0 spiro atoms. The van der Waals surface area contributed by atoms with Crippen LogP contribution in [0, 0.1) is 0 Å². The summed E-state index contributed by atoms with van der Waals surface area (Å²) in [6.45, 7) is 0.793. The summed E-state index contributed by atoms with van der Waals surface area (Å²) in [7, 11) is -3.49. The molecule has 1 aliphatic rings. The van der Waals surface area contributed by atoms with Gasteiger partial charge in [0, 0.05) is 24.5 Å². The number of aromatic nitrogens is 4. The van der Waals surface area contributed by atoms with Crippen molar-refractivity contribution in [2.75, 3.05) is 23.4 Å². The molecule has 10 nitrogen and oxygen atoms in total. The number of carbonyl (C=O) groups is 1. The maximum absolute atomic E-state index is 13.0. The molecule has 0 aliphatic carbocycles. The van der Waals surface area contributed by atoms with E-state index in [1.165, 1.54) is 10.5 Å². The van der Waals surface area contributed by atoms with Crippen LogP contribution in [0.15, 0.2) is 91.4 Å². The zero-order valence-corrected chi connectivity index (χ0v) is 23.8. The summed E-state index contributed by atoms with van der Waals surface area (Å²) < 4.78 is 25.5. The van der Waals surface area contributed by atoms with E-state index in [4.69, 9.17) is 9.97 Å². The van der Waals surface area contributed by atoms with Crippen molar-refractivity contribution >= 4 is 38.3 Å². The molecule has 1 saturated heterocycles. The lowest BCUT2D eigenvalue weighted by Crippen LogP contribution is -2.42. The molecule has 0 saturated carbocycles. The van der Waals surface area contributed by atoms with Crippen molar-refractivity contribution in [2.45, 2.75) is 25.4 Å². The molecule has 2 N–H and O–H groups in total. The van der Waals surface area contributed by atoms with Gasteiger partial charge in [-0.15, -0.1) is 0 Å². The average molecular weight is 580 g/mol. The van der Waals surface area contributed by atoms with E-state index >= 15 is 0 Å². The van der Waals surface area contributed by atoms with Crippen LogP contribution in [0.25, 0.3) is 33.4 Å². The molecule has 11 heteroatoms. The third-order valence-corrected chi connectivity index (χ3v) is 8.46. The average Bonchev–Trinajstić information content (AvgIpc) is 3.52. The summed E-state index contributed by atoms with van der Waals surface area (Å²) in [5.74, 6) is 0.685. The highest BCUT2D eigenvalue weighted by atomic mass is 32.2. The number of sulfonamides is 1. The van der Waals surface area contributed by atoms with Crippen molar-refractivity contribution in [1.82, 2.24) is 24.2 Å². The molecule has 0 radical (unpaired) electrons. The summed E-state index contributed by atoms with van der Waals surface area (Å²) in [5, 5.41) is 7.18. The summed E-state index contributed by atoms with van der Waals surface area (Å²) in [6, 6.07) is 22.8. The molecule has 0 bridgehead atoms. The second-order valence-corrected chi connectivity index (χ2v) is 12.1. The van der Waals surface area contributed by atoms with E-state index in [0.717, 1.165) is 34.0 Å². The van der Waals surface area contributed by atoms with Crippen LogP contribution in [-0.4, -0.2) is 57.4 Å². The lowest BCUT2D eigenvalue weighted by Gasteiger charge is -2.21. The Bertz CT molecular complexity index is 1850. The minimum absolute atomic E-state index is 0.333. The maximum Gasteiger partial charge on any atom is 0.242 e. The van der Waals surface area contributed by atoms with Gasteiger partial charge in [-0.2, -0.15) is 4.31 Å². The number of amides is 1. The maximum atomic E-state index is 13.0. The standard InChI is InChI=1S/C31H29N7O3S/c1-42(40,41)38-16-8-14-27(38)31(39)35-24-17-22(18-32-19-24)29-36-26-13-7-12-25(21-9-3-2-4-10-21)28(26)30(37-29)34-20-23-11-5-6-15-33-23/h2-7,9-13,15,17-19,27H,8,14,16,20H2,1H3,(H,35,39)(H,34,36,37)/t27-/m0/s1. The SMILES string of the molecule is CS(=O)(=O)N1CCC[C@H]1C(=O)Nc1cncc(-c2nc(NCc3ccccn3)c3c(-c4ccccc4)cccc3n2)c1. The third-order valence-electron chi connectivity index (χ3n) is 7.17. The van der Waals surface area contributed by atoms with E-state index in [1.807, 2.05) is 54.6 Å². The summed E-state index contributed by atoms with van der Waals surface area (Å²) in [6.07, 6.45) is 7.14. The predicted octanol–water partition coefficient (Wildman–Crippen LogP) is 4.73. The minimum atomic E-state index is -3.49. The van der Waals surface area contributed by atoms with Crippen molar-refractivity contribution in [3.05, 3.63) is 97.1 Å². The molecule has 1 amide bonds. The molecular weight excluding hydrogens is 550 g/mol. The predicted molar refractivity (Wildman–Crippen MR) is 163 cm³/mol. The molecule has 4 heterocycles. The van der Waals surface area contributed by atoms with Crippen LogP contribution < -0.4 is 10.6 Å². The fraction of sp³-hybridized carbons (Fsp3) is 0.194. The number of nitrogens with one attached hydrogen (secondary N) is 2. The first-order valence-corrected chi connectivity index (χ1v) is 15.4. The number of nitrogens with zero attached hydrogens (tertiary/aromatic N) is 5. The fourth-order valence-electron chi connectivity index (χ4n) is 5.23. The first-order chi connectivity index (χ1) is 20.4. The molecule has 42 heavy (non-hydrogen) atoms. The minimum Gasteiger partial charge on any atom is -0.364 e. The molecule has 2 aromatic carbocycles. The normalized spacial score (nSPS) is 15.5. The molecule has 1 fully saturated rings. The van der Waals surface area contributed by atoms with Crippen LogP contribution in [0.5, 0.6) is 0 Å². The Morgan fingerprint density at radius 3 is 2.60 bits per heavy atom. The van der Waals surface area contributed by atoms with Gasteiger partial charge in [-0.25, -0.2) is 18.4 Å². The van der Waals surface area contributed by atoms with Gasteiger partial charge in [0.1, 0.15) is 11.9 Å². The molecule has 0 unspecified atom stereocenters. The third kappa shape index (κ3) is 5.83. The van der Waals surface area contributed by atoms with Gasteiger partial charge in [0.05, 0.1) is 41.3 Å². The summed E-state index contributed by atoms with van der Waals surface area (Å²) in [4.78, 5) is 31.6. The van der Waals surface area contributed by atoms with Gasteiger partial charge in [-0.1, -0.05) is 48.5 Å². The van der Waals surface area contributed by atoms with Crippen LogP contribution in [0.4, 0.5) is 11.5 Å². The summed E-state index contributed by atoms with van der Waals surface area (Å²) in [5.41, 5.74) is 4.68.